The van der Waals surface area contributed by atoms with Gasteiger partial charge in [-0.2, -0.15) is 0 Å². The number of carbonyl (C=O) groups is 1. The van der Waals surface area contributed by atoms with Crippen LogP contribution in [0.25, 0.3) is 0 Å². The van der Waals surface area contributed by atoms with E-state index in [0.717, 1.165) is 21.4 Å². The lowest BCUT2D eigenvalue weighted by atomic mass is 10.1. The normalized spacial score (nSPS) is 13.0. The van der Waals surface area contributed by atoms with E-state index in [9.17, 15) is 13.2 Å². The molecule has 1 atom stereocenters. The van der Waals surface area contributed by atoms with Crippen molar-refractivity contribution < 1.29 is 18.3 Å². The first kappa shape index (κ1) is 16.2. The molecule has 2 rings (SSSR count). The molecule has 0 spiro atoms. The number of halogens is 1. The minimum atomic E-state index is -3.74. The molecule has 5 nitrogen and oxygen atoms in total. The molecule has 2 N–H and O–H groups in total. The highest BCUT2D eigenvalue weighted by Gasteiger charge is 2.21. The fourth-order valence-corrected chi connectivity index (χ4v) is 4.35. The molecule has 1 aromatic carbocycles. The highest BCUT2D eigenvalue weighted by atomic mass is 79.9. The maximum absolute atomic E-state index is 12.2. The molecule has 1 aromatic heterocycles. The number of rotatable bonds is 5. The second-order valence-electron chi connectivity index (χ2n) is 4.32. The number of carboxylic acid groups (broad SMARTS) is 1. The molecule has 0 aliphatic rings. The molecule has 0 aliphatic heterocycles. The Balaban J connectivity index is 2.20. The van der Waals surface area contributed by atoms with Crippen molar-refractivity contribution in [1.29, 1.82) is 0 Å². The van der Waals surface area contributed by atoms with Crippen LogP contribution in [0, 0.1) is 0 Å². The van der Waals surface area contributed by atoms with Gasteiger partial charge in [0.05, 0.1) is 0 Å². The van der Waals surface area contributed by atoms with E-state index in [0.29, 0.717) is 0 Å². The van der Waals surface area contributed by atoms with Gasteiger partial charge in [0.25, 0.3) is 10.0 Å². The summed E-state index contributed by atoms with van der Waals surface area (Å²) in [5.74, 6) is -1.14. The molecule has 0 fully saturated rings. The zero-order chi connectivity index (χ0) is 15.6. The number of aromatic carboxylic acids is 1. The number of carboxylic acids is 1. The van der Waals surface area contributed by atoms with E-state index >= 15 is 0 Å². The van der Waals surface area contributed by atoms with Crippen molar-refractivity contribution in [3.63, 3.8) is 0 Å². The van der Waals surface area contributed by atoms with E-state index < -0.39 is 22.0 Å². The second-order valence-corrected chi connectivity index (χ2v) is 8.26. The molecule has 2 aromatic rings. The van der Waals surface area contributed by atoms with Crippen LogP contribution < -0.4 is 4.72 Å². The van der Waals surface area contributed by atoms with E-state index in [1.54, 1.807) is 6.92 Å². The molecular formula is C13H12BrNO4S2. The van der Waals surface area contributed by atoms with Crippen LogP contribution in [0.4, 0.5) is 0 Å². The van der Waals surface area contributed by atoms with Gasteiger partial charge in [0.2, 0.25) is 0 Å². The van der Waals surface area contributed by atoms with Gasteiger partial charge in [0.1, 0.15) is 9.09 Å². The minimum absolute atomic E-state index is 0.00771. The van der Waals surface area contributed by atoms with Gasteiger partial charge in [-0.3, -0.25) is 0 Å². The van der Waals surface area contributed by atoms with Gasteiger partial charge in [-0.1, -0.05) is 28.1 Å². The van der Waals surface area contributed by atoms with Crippen LogP contribution in [0.2, 0.25) is 0 Å². The number of nitrogens with one attached hydrogen (secondary N) is 1. The fourth-order valence-electron chi connectivity index (χ4n) is 1.69. The predicted octanol–water partition coefficient (Wildman–Crippen LogP) is 3.25. The number of thiophene rings is 1. The highest BCUT2D eigenvalue weighted by molar-refractivity contribution is 9.10. The van der Waals surface area contributed by atoms with Crippen molar-refractivity contribution in [3.8, 4) is 0 Å². The zero-order valence-electron chi connectivity index (χ0n) is 10.9. The molecule has 0 saturated heterocycles. The quantitative estimate of drug-likeness (QED) is 0.821. The predicted molar refractivity (Wildman–Crippen MR) is 84.2 cm³/mol. The third kappa shape index (κ3) is 3.91. The summed E-state index contributed by atoms with van der Waals surface area (Å²) >= 11 is 4.05. The Kier molecular flexibility index (Phi) is 4.82. The summed E-state index contributed by atoms with van der Waals surface area (Å²) in [5, 5.41) is 8.84. The van der Waals surface area contributed by atoms with Crippen LogP contribution in [-0.4, -0.2) is 19.5 Å². The number of benzene rings is 1. The molecule has 112 valence electrons. The molecule has 0 amide bonds. The topological polar surface area (TPSA) is 83.5 Å². The molecule has 8 heteroatoms. The average Bonchev–Trinajstić information content (AvgIpc) is 2.89. The summed E-state index contributed by atoms with van der Waals surface area (Å²) in [7, 11) is -3.74. The van der Waals surface area contributed by atoms with Gasteiger partial charge in [-0.15, -0.1) is 11.3 Å². The first-order valence-electron chi connectivity index (χ1n) is 5.90. The maximum atomic E-state index is 12.2. The van der Waals surface area contributed by atoms with Crippen LogP contribution in [0.1, 0.15) is 28.2 Å². The van der Waals surface area contributed by atoms with Gasteiger partial charge in [-0.05, 0) is 36.8 Å². The molecule has 0 bridgehead atoms. The Hall–Kier alpha value is -1.22. The van der Waals surface area contributed by atoms with Gasteiger partial charge >= 0.3 is 5.97 Å². The van der Waals surface area contributed by atoms with Crippen molar-refractivity contribution in [2.24, 2.45) is 0 Å². The highest BCUT2D eigenvalue weighted by Crippen LogP contribution is 2.24. The minimum Gasteiger partial charge on any atom is -0.477 e. The largest absolute Gasteiger partial charge is 0.477 e. The Morgan fingerprint density at radius 1 is 1.24 bits per heavy atom. The van der Waals surface area contributed by atoms with Crippen molar-refractivity contribution >= 4 is 43.3 Å². The zero-order valence-corrected chi connectivity index (χ0v) is 14.1. The summed E-state index contributed by atoms with van der Waals surface area (Å²) in [6, 6.07) is 9.44. The van der Waals surface area contributed by atoms with Crippen molar-refractivity contribution in [3.05, 3.63) is 51.3 Å². The fraction of sp³-hybridized carbons (Fsp3) is 0.154. The van der Waals surface area contributed by atoms with Crippen LogP contribution in [0.3, 0.4) is 0 Å². The van der Waals surface area contributed by atoms with Gasteiger partial charge in [0, 0.05) is 10.5 Å². The van der Waals surface area contributed by atoms with E-state index in [2.05, 4.69) is 20.7 Å². The Labute approximate surface area is 134 Å². The van der Waals surface area contributed by atoms with Crippen molar-refractivity contribution in [2.45, 2.75) is 17.2 Å². The van der Waals surface area contributed by atoms with Gasteiger partial charge in [0.15, 0.2) is 0 Å². The van der Waals surface area contributed by atoms with E-state index in [1.165, 1.54) is 12.1 Å². The van der Waals surface area contributed by atoms with Gasteiger partial charge < -0.3 is 5.11 Å². The summed E-state index contributed by atoms with van der Waals surface area (Å²) in [6.07, 6.45) is 0. The second kappa shape index (κ2) is 6.27. The van der Waals surface area contributed by atoms with Crippen LogP contribution in [0.5, 0.6) is 0 Å². The van der Waals surface area contributed by atoms with Crippen molar-refractivity contribution in [1.82, 2.24) is 4.72 Å². The Morgan fingerprint density at radius 3 is 2.38 bits per heavy atom. The molecule has 0 aliphatic carbocycles. The number of sulfonamides is 1. The Bertz CT molecular complexity index is 753. The summed E-state index contributed by atoms with van der Waals surface area (Å²) in [6.45, 7) is 1.73. The summed E-state index contributed by atoms with van der Waals surface area (Å²) in [4.78, 5) is 10.8. The lowest BCUT2D eigenvalue weighted by Crippen LogP contribution is -2.26. The molecule has 1 heterocycles. The monoisotopic (exact) mass is 389 g/mol. The summed E-state index contributed by atoms with van der Waals surface area (Å²) < 4.78 is 27.9. The first-order valence-corrected chi connectivity index (χ1v) is 9.00. The SMILES string of the molecule is CC(NS(=O)(=O)c1ccc(C(=O)O)s1)c1ccc(Br)cc1. The molecule has 21 heavy (non-hydrogen) atoms. The van der Waals surface area contributed by atoms with Crippen LogP contribution >= 0.6 is 27.3 Å². The van der Waals surface area contributed by atoms with Crippen LogP contribution in [0.15, 0.2) is 45.1 Å². The number of hydrogen-bond acceptors (Lipinski definition) is 4. The molecule has 1 unspecified atom stereocenters. The third-order valence-electron chi connectivity index (χ3n) is 2.76. The molecule has 0 radical (unpaired) electrons. The maximum Gasteiger partial charge on any atom is 0.345 e. The lowest BCUT2D eigenvalue weighted by molar-refractivity contribution is 0.0702. The van der Waals surface area contributed by atoms with E-state index in [4.69, 9.17) is 5.11 Å². The van der Waals surface area contributed by atoms with Crippen molar-refractivity contribution in [2.75, 3.05) is 0 Å². The third-order valence-corrected chi connectivity index (χ3v) is 6.39. The van der Waals surface area contributed by atoms with E-state index in [-0.39, 0.29) is 9.09 Å². The first-order chi connectivity index (χ1) is 9.79. The molecule has 0 saturated carbocycles. The Morgan fingerprint density at radius 2 is 1.86 bits per heavy atom. The van der Waals surface area contributed by atoms with E-state index in [1.807, 2.05) is 24.3 Å². The smallest absolute Gasteiger partial charge is 0.345 e. The van der Waals surface area contributed by atoms with Crippen LogP contribution in [-0.2, 0) is 10.0 Å². The number of hydrogen-bond donors (Lipinski definition) is 2. The lowest BCUT2D eigenvalue weighted by Gasteiger charge is -2.13. The average molecular weight is 390 g/mol. The standard InChI is InChI=1S/C13H12BrNO4S2/c1-8(9-2-4-10(14)5-3-9)15-21(18,19)12-7-6-11(20-12)13(16)17/h2-8,15H,1H3,(H,16,17). The molecular weight excluding hydrogens is 378 g/mol. The van der Waals surface area contributed by atoms with Gasteiger partial charge in [-0.25, -0.2) is 17.9 Å². The summed E-state index contributed by atoms with van der Waals surface area (Å²) in [5.41, 5.74) is 0.816.